The Balaban J connectivity index is 1.95. The van der Waals surface area contributed by atoms with Crippen LogP contribution in [0.3, 0.4) is 0 Å². The summed E-state index contributed by atoms with van der Waals surface area (Å²) in [5.74, 6) is 5.77. The predicted octanol–water partition coefficient (Wildman–Crippen LogP) is 1.87. The number of hydrogen-bond donors (Lipinski definition) is 1. The lowest BCUT2D eigenvalue weighted by Gasteiger charge is -2.37. The van der Waals surface area contributed by atoms with E-state index in [-0.39, 0.29) is 53.9 Å². The third kappa shape index (κ3) is 5.88. The number of aliphatic hydroxyl groups excluding tert-OH is 1. The van der Waals surface area contributed by atoms with Crippen LogP contribution in [-0.4, -0.2) is 80.6 Å². The number of aromatic nitrogens is 3. The van der Waals surface area contributed by atoms with Gasteiger partial charge in [-0.1, -0.05) is 32.6 Å². The van der Waals surface area contributed by atoms with Gasteiger partial charge in [0.1, 0.15) is 17.4 Å². The molecule has 9 heteroatoms. The Morgan fingerprint density at radius 2 is 2.06 bits per heavy atom. The summed E-state index contributed by atoms with van der Waals surface area (Å²) < 4.78 is 6.22. The van der Waals surface area contributed by atoms with Gasteiger partial charge in [-0.2, -0.15) is 0 Å². The Labute approximate surface area is 200 Å². The molecule has 0 bridgehead atoms. The molecule has 0 saturated carbocycles. The van der Waals surface area contributed by atoms with Crippen molar-refractivity contribution in [1.29, 1.82) is 0 Å². The highest BCUT2D eigenvalue weighted by atomic mass is 16.5. The number of nitrogens with zero attached hydrogens (tertiary/aromatic N) is 5. The Kier molecular flexibility index (Phi) is 8.18. The monoisotopic (exact) mass is 465 g/mol. The van der Waals surface area contributed by atoms with Crippen molar-refractivity contribution in [2.45, 2.75) is 39.8 Å². The summed E-state index contributed by atoms with van der Waals surface area (Å²) in [6.07, 6.45) is 5.52. The summed E-state index contributed by atoms with van der Waals surface area (Å²) in [7, 11) is 1.67. The van der Waals surface area contributed by atoms with E-state index in [0.717, 1.165) is 0 Å². The van der Waals surface area contributed by atoms with E-state index in [9.17, 15) is 14.7 Å². The summed E-state index contributed by atoms with van der Waals surface area (Å²) >= 11 is 0. The van der Waals surface area contributed by atoms with Gasteiger partial charge in [0.25, 0.3) is 11.8 Å². The first-order valence-electron chi connectivity index (χ1n) is 11.3. The molecule has 3 heterocycles. The molecule has 0 aromatic carbocycles. The predicted molar refractivity (Wildman–Crippen MR) is 126 cm³/mol. The lowest BCUT2D eigenvalue weighted by molar-refractivity contribution is 0.0312. The van der Waals surface area contributed by atoms with Gasteiger partial charge >= 0.3 is 0 Å². The van der Waals surface area contributed by atoms with Crippen LogP contribution in [0.4, 0.5) is 0 Å². The summed E-state index contributed by atoms with van der Waals surface area (Å²) in [5, 5.41) is 9.78. The number of fused-ring (bicyclic) bond motifs is 1. The van der Waals surface area contributed by atoms with E-state index in [2.05, 4.69) is 26.8 Å². The summed E-state index contributed by atoms with van der Waals surface area (Å²) in [5.41, 5.74) is 1.14. The number of rotatable bonds is 5. The Hall–Kier alpha value is -3.51. The van der Waals surface area contributed by atoms with Crippen molar-refractivity contribution < 1.29 is 19.4 Å². The molecule has 0 aliphatic carbocycles. The van der Waals surface area contributed by atoms with Crippen molar-refractivity contribution in [2.75, 3.05) is 26.7 Å². The summed E-state index contributed by atoms with van der Waals surface area (Å²) in [6, 6.07) is 1.28. The Morgan fingerprint density at radius 3 is 2.71 bits per heavy atom. The second kappa shape index (κ2) is 11.1. The number of carbonyl (C=O) groups is 2. The van der Waals surface area contributed by atoms with Gasteiger partial charge in [0, 0.05) is 49.6 Å². The molecule has 0 fully saturated rings. The smallest absolute Gasteiger partial charge is 0.273 e. The molecule has 2 aromatic heterocycles. The zero-order chi connectivity index (χ0) is 24.8. The van der Waals surface area contributed by atoms with Crippen molar-refractivity contribution >= 4 is 11.8 Å². The quantitative estimate of drug-likeness (QED) is 0.672. The molecule has 0 spiro atoms. The fourth-order valence-corrected chi connectivity index (χ4v) is 3.57. The molecule has 34 heavy (non-hydrogen) atoms. The summed E-state index contributed by atoms with van der Waals surface area (Å²) in [4.78, 5) is 41.8. The number of hydrogen-bond acceptors (Lipinski definition) is 7. The fourth-order valence-electron chi connectivity index (χ4n) is 3.57. The molecule has 0 radical (unpaired) electrons. The molecule has 9 nitrogen and oxygen atoms in total. The molecule has 3 rings (SSSR count). The minimum absolute atomic E-state index is 0.148. The van der Waals surface area contributed by atoms with Crippen LogP contribution in [-0.2, 0) is 0 Å². The largest absolute Gasteiger partial charge is 0.472 e. The maximum absolute atomic E-state index is 13.4. The summed E-state index contributed by atoms with van der Waals surface area (Å²) in [6.45, 7) is 8.13. The highest BCUT2D eigenvalue weighted by Gasteiger charge is 2.34. The third-order valence-corrected chi connectivity index (χ3v) is 5.61. The first-order valence-corrected chi connectivity index (χ1v) is 11.3. The fraction of sp³-hybridized carbons (Fsp3) is 0.480. The van der Waals surface area contributed by atoms with Gasteiger partial charge < -0.3 is 19.6 Å². The highest BCUT2D eigenvalue weighted by molar-refractivity contribution is 5.97. The van der Waals surface area contributed by atoms with Crippen molar-refractivity contribution in [3.05, 3.63) is 47.7 Å². The Morgan fingerprint density at radius 1 is 1.29 bits per heavy atom. The first kappa shape index (κ1) is 25.1. The SMILES string of the molecule is CC(C)C#Cc1cnc2c(c1)C(=O)N([C@H](C)CO)C[C@@H](C)[C@@H](CN(C)C(=O)c1cnccn1)O2. The number of aliphatic hydroxyl groups is 1. The van der Waals surface area contributed by atoms with Crippen LogP contribution in [0.1, 0.15) is 54.1 Å². The molecule has 180 valence electrons. The zero-order valence-electron chi connectivity index (χ0n) is 20.2. The molecule has 0 saturated heterocycles. The van der Waals surface area contributed by atoms with Gasteiger partial charge in [-0.25, -0.2) is 9.97 Å². The van der Waals surface area contributed by atoms with Crippen LogP contribution in [0.25, 0.3) is 0 Å². The van der Waals surface area contributed by atoms with Crippen molar-refractivity contribution in [3.63, 3.8) is 0 Å². The lowest BCUT2D eigenvalue weighted by atomic mass is 9.99. The van der Waals surface area contributed by atoms with Crippen LogP contribution in [0.15, 0.2) is 30.9 Å². The molecule has 0 unspecified atom stereocenters. The van der Waals surface area contributed by atoms with Gasteiger partial charge in [-0.3, -0.25) is 14.6 Å². The molecule has 2 aromatic rings. The molecule has 2 amide bonds. The van der Waals surface area contributed by atoms with Crippen LogP contribution < -0.4 is 4.74 Å². The first-order chi connectivity index (χ1) is 16.2. The molecule has 1 aliphatic rings. The maximum Gasteiger partial charge on any atom is 0.273 e. The number of pyridine rings is 1. The van der Waals surface area contributed by atoms with Crippen molar-refractivity contribution in [1.82, 2.24) is 24.8 Å². The van der Waals surface area contributed by atoms with E-state index in [1.54, 1.807) is 31.1 Å². The molecule has 3 atom stereocenters. The molecule has 1 aliphatic heterocycles. The van der Waals surface area contributed by atoms with Crippen LogP contribution in [0.2, 0.25) is 0 Å². The van der Waals surface area contributed by atoms with E-state index >= 15 is 0 Å². The van der Waals surface area contributed by atoms with Crippen LogP contribution in [0, 0.1) is 23.7 Å². The maximum atomic E-state index is 13.4. The minimum Gasteiger partial charge on any atom is -0.472 e. The van der Waals surface area contributed by atoms with Gasteiger partial charge in [0.15, 0.2) is 0 Å². The zero-order valence-corrected chi connectivity index (χ0v) is 20.2. The van der Waals surface area contributed by atoms with E-state index in [0.29, 0.717) is 12.1 Å². The van der Waals surface area contributed by atoms with Gasteiger partial charge in [0.2, 0.25) is 5.88 Å². The number of likely N-dealkylation sites (N-methyl/N-ethyl adjacent to an activating group) is 1. The second-order valence-electron chi connectivity index (χ2n) is 8.90. The van der Waals surface area contributed by atoms with E-state index < -0.39 is 12.1 Å². The third-order valence-electron chi connectivity index (χ3n) is 5.61. The normalized spacial score (nSPS) is 18.7. The van der Waals surface area contributed by atoms with Crippen LogP contribution in [0.5, 0.6) is 5.88 Å². The second-order valence-corrected chi connectivity index (χ2v) is 8.90. The van der Waals surface area contributed by atoms with Gasteiger partial charge in [-0.05, 0) is 13.0 Å². The van der Waals surface area contributed by atoms with E-state index in [4.69, 9.17) is 4.74 Å². The standard InChI is InChI=1S/C25H31N5O4/c1-16(2)6-7-19-10-20-23(28-11-19)34-22(17(3)13-30(24(20)32)18(4)15-31)14-29(5)25(33)21-12-26-8-9-27-21/h8-12,16-18,22,31H,13-15H2,1-5H3/t17-,18-,22-/m1/s1. The van der Waals surface area contributed by atoms with Crippen molar-refractivity contribution in [2.24, 2.45) is 11.8 Å². The van der Waals surface area contributed by atoms with Gasteiger partial charge in [0.05, 0.1) is 25.4 Å². The van der Waals surface area contributed by atoms with Crippen LogP contribution >= 0.6 is 0 Å². The highest BCUT2D eigenvalue weighted by Crippen LogP contribution is 2.27. The average Bonchev–Trinajstić information content (AvgIpc) is 2.84. The average molecular weight is 466 g/mol. The van der Waals surface area contributed by atoms with E-state index in [1.165, 1.54) is 23.5 Å². The Bertz CT molecular complexity index is 1080. The number of ether oxygens (including phenoxy) is 1. The molecule has 1 N–H and O–H groups in total. The van der Waals surface area contributed by atoms with Crippen molar-refractivity contribution in [3.8, 4) is 17.7 Å². The lowest BCUT2D eigenvalue weighted by Crippen LogP contribution is -2.50. The number of carbonyl (C=O) groups excluding carboxylic acids is 2. The van der Waals surface area contributed by atoms with E-state index in [1.807, 2.05) is 20.8 Å². The van der Waals surface area contributed by atoms with Gasteiger partial charge in [-0.15, -0.1) is 0 Å². The topological polar surface area (TPSA) is 109 Å². The number of amides is 2. The molecular formula is C25H31N5O4. The minimum atomic E-state index is -0.453. The molecular weight excluding hydrogens is 434 g/mol.